The van der Waals surface area contributed by atoms with Gasteiger partial charge in [-0.05, 0) is 37.5 Å². The van der Waals surface area contributed by atoms with Crippen LogP contribution < -0.4 is 5.56 Å². The number of amides is 1. The van der Waals surface area contributed by atoms with Crippen molar-refractivity contribution in [1.29, 1.82) is 0 Å². The van der Waals surface area contributed by atoms with Crippen LogP contribution in [-0.4, -0.2) is 43.5 Å². The van der Waals surface area contributed by atoms with E-state index >= 15 is 0 Å². The van der Waals surface area contributed by atoms with Gasteiger partial charge in [0.1, 0.15) is 5.82 Å². The molecule has 0 spiro atoms. The molecule has 0 aliphatic carbocycles. The molecule has 1 unspecified atom stereocenters. The van der Waals surface area contributed by atoms with Gasteiger partial charge >= 0.3 is 0 Å². The lowest BCUT2D eigenvalue weighted by atomic mass is 9.96. The normalized spacial score (nSPS) is 17.6. The third-order valence-electron chi connectivity index (χ3n) is 5.00. The van der Waals surface area contributed by atoms with E-state index in [1.54, 1.807) is 6.07 Å². The molecule has 1 saturated heterocycles. The Hall–Kier alpha value is -2.96. The highest BCUT2D eigenvalue weighted by atomic mass is 16.2. The molecule has 1 aliphatic heterocycles. The first-order valence-corrected chi connectivity index (χ1v) is 8.98. The van der Waals surface area contributed by atoms with Crippen molar-refractivity contribution in [2.75, 3.05) is 13.1 Å². The molecular formula is C19H21N5O2. The van der Waals surface area contributed by atoms with Gasteiger partial charge in [-0.15, -0.1) is 10.2 Å². The number of aromatic amines is 1. The van der Waals surface area contributed by atoms with Crippen molar-refractivity contribution in [2.45, 2.75) is 32.1 Å². The van der Waals surface area contributed by atoms with E-state index in [1.807, 2.05) is 40.6 Å². The highest BCUT2D eigenvalue weighted by Crippen LogP contribution is 2.27. The van der Waals surface area contributed by atoms with E-state index < -0.39 is 0 Å². The molecule has 0 saturated carbocycles. The number of carbonyl (C=O) groups excluding carboxylic acids is 1. The number of nitrogens with zero attached hydrogens (tertiary/aromatic N) is 4. The van der Waals surface area contributed by atoms with Gasteiger partial charge in [0.15, 0.2) is 5.65 Å². The predicted octanol–water partition coefficient (Wildman–Crippen LogP) is 2.00. The van der Waals surface area contributed by atoms with Gasteiger partial charge < -0.3 is 9.88 Å². The molecule has 4 rings (SSSR count). The number of piperidine rings is 1. The minimum absolute atomic E-state index is 0.0309. The second-order valence-corrected chi connectivity index (χ2v) is 6.65. The number of aromatic nitrogens is 4. The second-order valence-electron chi connectivity index (χ2n) is 6.65. The monoisotopic (exact) mass is 351 g/mol. The molecule has 3 aromatic heterocycles. The summed E-state index contributed by atoms with van der Waals surface area (Å²) in [7, 11) is 0. The molecule has 1 aliphatic rings. The minimum Gasteiger partial charge on any atom is -0.338 e. The summed E-state index contributed by atoms with van der Waals surface area (Å²) in [5.41, 5.74) is 1.92. The smallest absolute Gasteiger partial charge is 0.255 e. The minimum atomic E-state index is -0.176. The first-order chi connectivity index (χ1) is 12.7. The number of aryl methyl sites for hydroxylation is 1. The van der Waals surface area contributed by atoms with Gasteiger partial charge in [0.25, 0.3) is 5.91 Å². The third-order valence-corrected chi connectivity index (χ3v) is 5.00. The van der Waals surface area contributed by atoms with Crippen LogP contribution in [0.2, 0.25) is 0 Å². The fourth-order valence-corrected chi connectivity index (χ4v) is 3.68. The summed E-state index contributed by atoms with van der Waals surface area (Å²) in [5.74, 6) is 1.02. The highest BCUT2D eigenvalue weighted by molar-refractivity contribution is 5.95. The molecule has 1 fully saturated rings. The van der Waals surface area contributed by atoms with Crippen LogP contribution in [0, 0.1) is 0 Å². The lowest BCUT2D eigenvalue weighted by Gasteiger charge is -2.32. The average molecular weight is 351 g/mol. The van der Waals surface area contributed by atoms with E-state index in [4.69, 9.17) is 0 Å². The molecule has 7 heteroatoms. The van der Waals surface area contributed by atoms with Crippen molar-refractivity contribution in [3.63, 3.8) is 0 Å². The fourth-order valence-electron chi connectivity index (χ4n) is 3.68. The first-order valence-electron chi connectivity index (χ1n) is 8.98. The van der Waals surface area contributed by atoms with Gasteiger partial charge in [-0.2, -0.15) is 0 Å². The molecule has 0 radical (unpaired) electrons. The lowest BCUT2D eigenvalue weighted by molar-refractivity contribution is 0.0702. The Morgan fingerprint density at radius 2 is 2.15 bits per heavy atom. The highest BCUT2D eigenvalue weighted by Gasteiger charge is 2.29. The van der Waals surface area contributed by atoms with Crippen molar-refractivity contribution in [1.82, 2.24) is 24.5 Å². The third kappa shape index (κ3) is 2.89. The summed E-state index contributed by atoms with van der Waals surface area (Å²) in [5, 5.41) is 8.59. The Morgan fingerprint density at radius 1 is 1.27 bits per heavy atom. The Bertz CT molecular complexity index is 1010. The van der Waals surface area contributed by atoms with Crippen LogP contribution in [0.1, 0.15) is 47.6 Å². The summed E-state index contributed by atoms with van der Waals surface area (Å²) >= 11 is 0. The Morgan fingerprint density at radius 3 is 3.00 bits per heavy atom. The summed E-state index contributed by atoms with van der Waals surface area (Å²) in [6.45, 7) is 3.26. The van der Waals surface area contributed by atoms with E-state index in [2.05, 4.69) is 15.2 Å². The summed E-state index contributed by atoms with van der Waals surface area (Å²) in [6, 6.07) is 8.87. The molecular weight excluding hydrogens is 330 g/mol. The lowest BCUT2D eigenvalue weighted by Crippen LogP contribution is -2.40. The van der Waals surface area contributed by atoms with Crippen molar-refractivity contribution >= 4 is 11.6 Å². The molecule has 1 atom stereocenters. The molecule has 4 heterocycles. The van der Waals surface area contributed by atoms with E-state index in [9.17, 15) is 9.59 Å². The number of likely N-dealkylation sites (tertiary alicyclic amines) is 1. The number of hydrogen-bond donors (Lipinski definition) is 1. The van der Waals surface area contributed by atoms with Crippen LogP contribution in [0.25, 0.3) is 5.65 Å². The molecule has 26 heavy (non-hydrogen) atoms. The van der Waals surface area contributed by atoms with Crippen LogP contribution in [0.15, 0.2) is 41.3 Å². The maximum Gasteiger partial charge on any atom is 0.255 e. The van der Waals surface area contributed by atoms with Crippen LogP contribution in [-0.2, 0) is 6.42 Å². The number of hydrogen-bond acceptors (Lipinski definition) is 4. The molecule has 1 amide bonds. The SMILES string of the molecule is CCc1[nH]c(=O)ccc1C(=O)N1CCCC(c2nnc3ccccn23)C1. The number of pyridine rings is 2. The van der Waals surface area contributed by atoms with Crippen molar-refractivity contribution in [3.8, 4) is 0 Å². The maximum atomic E-state index is 13.0. The van der Waals surface area contributed by atoms with E-state index in [0.717, 1.165) is 24.3 Å². The summed E-state index contributed by atoms with van der Waals surface area (Å²) < 4.78 is 2.00. The van der Waals surface area contributed by atoms with Gasteiger partial charge in [-0.3, -0.25) is 14.0 Å². The van der Waals surface area contributed by atoms with Crippen molar-refractivity contribution < 1.29 is 4.79 Å². The van der Waals surface area contributed by atoms with E-state index in [0.29, 0.717) is 30.8 Å². The summed E-state index contributed by atoms with van der Waals surface area (Å²) in [6.07, 6.45) is 4.47. The maximum absolute atomic E-state index is 13.0. The molecule has 0 bridgehead atoms. The predicted molar refractivity (Wildman–Crippen MR) is 97.3 cm³/mol. The van der Waals surface area contributed by atoms with Gasteiger partial charge in [0, 0.05) is 37.0 Å². The van der Waals surface area contributed by atoms with Gasteiger partial charge in [0.05, 0.1) is 5.56 Å². The molecule has 134 valence electrons. The fraction of sp³-hybridized carbons (Fsp3) is 0.368. The Labute approximate surface area is 150 Å². The molecule has 3 aromatic rings. The number of rotatable bonds is 3. The first kappa shape index (κ1) is 16.5. The zero-order valence-corrected chi connectivity index (χ0v) is 14.7. The number of nitrogens with one attached hydrogen (secondary N) is 1. The number of carbonyl (C=O) groups is 1. The van der Waals surface area contributed by atoms with Crippen LogP contribution in [0.5, 0.6) is 0 Å². The van der Waals surface area contributed by atoms with Gasteiger partial charge in [-0.1, -0.05) is 13.0 Å². The van der Waals surface area contributed by atoms with Gasteiger partial charge in [-0.25, -0.2) is 0 Å². The second kappa shape index (κ2) is 6.74. The quantitative estimate of drug-likeness (QED) is 0.782. The standard InChI is InChI=1S/C19H21N5O2/c1-2-15-14(8-9-17(25)20-15)19(26)23-10-5-6-13(12-23)18-22-21-16-7-3-4-11-24(16)18/h3-4,7-9,11,13H,2,5-6,10,12H2,1H3,(H,20,25). The van der Waals surface area contributed by atoms with Crippen LogP contribution >= 0.6 is 0 Å². The number of H-pyrrole nitrogens is 1. The van der Waals surface area contributed by atoms with Crippen LogP contribution in [0.4, 0.5) is 0 Å². The zero-order valence-electron chi connectivity index (χ0n) is 14.7. The summed E-state index contributed by atoms with van der Waals surface area (Å²) in [4.78, 5) is 29.2. The average Bonchev–Trinajstić information content (AvgIpc) is 3.11. The van der Waals surface area contributed by atoms with Crippen LogP contribution in [0.3, 0.4) is 0 Å². The van der Waals surface area contributed by atoms with E-state index in [-0.39, 0.29) is 17.4 Å². The van der Waals surface area contributed by atoms with E-state index in [1.165, 1.54) is 6.07 Å². The largest absolute Gasteiger partial charge is 0.338 e. The molecule has 1 N–H and O–H groups in total. The molecule has 7 nitrogen and oxygen atoms in total. The molecule has 0 aromatic carbocycles. The Kier molecular flexibility index (Phi) is 4.28. The topological polar surface area (TPSA) is 83.4 Å². The Balaban J connectivity index is 1.61. The zero-order chi connectivity index (χ0) is 18.1. The van der Waals surface area contributed by atoms with Gasteiger partial charge in [0.2, 0.25) is 5.56 Å². The van der Waals surface area contributed by atoms with Crippen molar-refractivity contribution in [2.24, 2.45) is 0 Å². The van der Waals surface area contributed by atoms with Crippen molar-refractivity contribution in [3.05, 3.63) is 64.0 Å². The number of fused-ring (bicyclic) bond motifs is 1.